The summed E-state index contributed by atoms with van der Waals surface area (Å²) in [5.74, 6) is 1.00. The van der Waals surface area contributed by atoms with Crippen LogP contribution in [0.4, 0.5) is 0 Å². The Bertz CT molecular complexity index is 713. The van der Waals surface area contributed by atoms with Crippen molar-refractivity contribution in [2.45, 2.75) is 26.4 Å². The van der Waals surface area contributed by atoms with Gasteiger partial charge in [0.1, 0.15) is 12.4 Å². The standard InChI is InChI=1S/C21H26N2O2.ClH/c1-17-5-2-7-19(13-17)16-25-20-8-3-6-18(14-20)15-21(24)23-11-4-9-22-10-12-23;/h2-3,5-8,13-14,22H,4,9-12,15-16H2,1H3;1H. The van der Waals surface area contributed by atoms with E-state index in [1.165, 1.54) is 5.56 Å². The lowest BCUT2D eigenvalue weighted by molar-refractivity contribution is -0.130. The second-order valence-corrected chi connectivity index (χ2v) is 6.59. The minimum Gasteiger partial charge on any atom is -0.489 e. The van der Waals surface area contributed by atoms with Crippen molar-refractivity contribution in [2.75, 3.05) is 26.2 Å². The highest BCUT2D eigenvalue weighted by Gasteiger charge is 2.15. The van der Waals surface area contributed by atoms with Crippen LogP contribution in [0.25, 0.3) is 0 Å². The fourth-order valence-corrected chi connectivity index (χ4v) is 3.10. The first kappa shape index (κ1) is 20.3. The van der Waals surface area contributed by atoms with Gasteiger partial charge in [0.25, 0.3) is 0 Å². The molecule has 1 aliphatic heterocycles. The molecular formula is C21H27ClN2O2. The zero-order valence-electron chi connectivity index (χ0n) is 15.2. The van der Waals surface area contributed by atoms with Gasteiger partial charge in [-0.3, -0.25) is 4.79 Å². The molecule has 1 aliphatic rings. The van der Waals surface area contributed by atoms with Crippen molar-refractivity contribution >= 4 is 18.3 Å². The van der Waals surface area contributed by atoms with E-state index >= 15 is 0 Å². The van der Waals surface area contributed by atoms with Crippen LogP contribution >= 0.6 is 12.4 Å². The lowest BCUT2D eigenvalue weighted by Gasteiger charge is -2.20. The monoisotopic (exact) mass is 374 g/mol. The number of rotatable bonds is 5. The van der Waals surface area contributed by atoms with Crippen molar-refractivity contribution < 1.29 is 9.53 Å². The van der Waals surface area contributed by atoms with Gasteiger partial charge in [0.2, 0.25) is 5.91 Å². The molecule has 1 N–H and O–H groups in total. The van der Waals surface area contributed by atoms with Gasteiger partial charge in [-0.2, -0.15) is 0 Å². The largest absolute Gasteiger partial charge is 0.489 e. The number of carbonyl (C=O) groups excluding carboxylic acids is 1. The SMILES string of the molecule is Cc1cccc(COc2cccc(CC(=O)N3CCCNCC3)c2)c1.Cl. The highest BCUT2D eigenvalue weighted by molar-refractivity contribution is 5.85. The quantitative estimate of drug-likeness (QED) is 0.872. The van der Waals surface area contributed by atoms with Crippen LogP contribution in [0.5, 0.6) is 5.75 Å². The number of amides is 1. The fourth-order valence-electron chi connectivity index (χ4n) is 3.10. The van der Waals surface area contributed by atoms with Crippen LogP contribution in [0.2, 0.25) is 0 Å². The first-order valence-electron chi connectivity index (χ1n) is 8.96. The highest BCUT2D eigenvalue weighted by Crippen LogP contribution is 2.17. The topological polar surface area (TPSA) is 41.6 Å². The first-order valence-corrected chi connectivity index (χ1v) is 8.96. The van der Waals surface area contributed by atoms with Gasteiger partial charge in [-0.05, 0) is 43.1 Å². The first-order chi connectivity index (χ1) is 12.2. The molecule has 1 saturated heterocycles. The Morgan fingerprint density at radius 1 is 1.08 bits per heavy atom. The summed E-state index contributed by atoms with van der Waals surface area (Å²) >= 11 is 0. The summed E-state index contributed by atoms with van der Waals surface area (Å²) < 4.78 is 5.90. The molecule has 1 amide bonds. The Labute approximate surface area is 162 Å². The number of ether oxygens (including phenoxy) is 1. The van der Waals surface area contributed by atoms with Crippen LogP contribution in [-0.4, -0.2) is 37.0 Å². The number of hydrogen-bond donors (Lipinski definition) is 1. The molecule has 0 aromatic heterocycles. The van der Waals surface area contributed by atoms with E-state index in [0.29, 0.717) is 13.0 Å². The maximum atomic E-state index is 12.5. The molecule has 2 aromatic rings. The molecule has 0 spiro atoms. The molecule has 2 aromatic carbocycles. The third kappa shape index (κ3) is 6.04. The number of aryl methyl sites for hydroxylation is 1. The van der Waals surface area contributed by atoms with Crippen LogP contribution in [0.15, 0.2) is 48.5 Å². The molecule has 4 nitrogen and oxygen atoms in total. The normalized spacial score (nSPS) is 14.3. The minimum absolute atomic E-state index is 0. The minimum atomic E-state index is 0. The Hall–Kier alpha value is -2.04. The predicted octanol–water partition coefficient (Wildman–Crippen LogP) is 3.36. The van der Waals surface area contributed by atoms with E-state index in [4.69, 9.17) is 4.74 Å². The molecule has 1 heterocycles. The molecule has 1 fully saturated rings. The van der Waals surface area contributed by atoms with Gasteiger partial charge in [0, 0.05) is 19.6 Å². The van der Waals surface area contributed by atoms with E-state index in [9.17, 15) is 4.79 Å². The number of carbonyl (C=O) groups is 1. The number of nitrogens with zero attached hydrogens (tertiary/aromatic N) is 1. The van der Waals surface area contributed by atoms with Crippen molar-refractivity contribution in [2.24, 2.45) is 0 Å². The average Bonchev–Trinajstić information content (AvgIpc) is 2.90. The summed E-state index contributed by atoms with van der Waals surface area (Å²) in [6.07, 6.45) is 1.45. The van der Waals surface area contributed by atoms with Gasteiger partial charge in [0.05, 0.1) is 6.42 Å². The van der Waals surface area contributed by atoms with Gasteiger partial charge in [-0.15, -0.1) is 12.4 Å². The molecule has 0 atom stereocenters. The third-order valence-electron chi connectivity index (χ3n) is 4.43. The van der Waals surface area contributed by atoms with E-state index in [-0.39, 0.29) is 18.3 Å². The van der Waals surface area contributed by atoms with Crippen molar-refractivity contribution in [1.29, 1.82) is 0 Å². The molecule has 0 unspecified atom stereocenters. The van der Waals surface area contributed by atoms with Gasteiger partial charge >= 0.3 is 0 Å². The van der Waals surface area contributed by atoms with Gasteiger partial charge < -0.3 is 15.0 Å². The zero-order chi connectivity index (χ0) is 17.5. The van der Waals surface area contributed by atoms with Crippen molar-refractivity contribution in [3.8, 4) is 5.75 Å². The molecular weight excluding hydrogens is 348 g/mol. The summed E-state index contributed by atoms with van der Waals surface area (Å²) in [5, 5.41) is 3.33. The van der Waals surface area contributed by atoms with Gasteiger partial charge in [-0.1, -0.05) is 42.0 Å². The Morgan fingerprint density at radius 2 is 1.88 bits per heavy atom. The molecule has 0 bridgehead atoms. The van der Waals surface area contributed by atoms with Crippen LogP contribution in [-0.2, 0) is 17.8 Å². The van der Waals surface area contributed by atoms with E-state index in [1.807, 2.05) is 35.2 Å². The van der Waals surface area contributed by atoms with E-state index < -0.39 is 0 Å². The smallest absolute Gasteiger partial charge is 0.227 e. The summed E-state index contributed by atoms with van der Waals surface area (Å²) in [6, 6.07) is 16.2. The zero-order valence-corrected chi connectivity index (χ0v) is 16.1. The number of benzene rings is 2. The Kier molecular flexibility index (Phi) is 7.95. The van der Waals surface area contributed by atoms with Crippen LogP contribution in [0, 0.1) is 6.92 Å². The summed E-state index contributed by atoms with van der Waals surface area (Å²) in [6.45, 7) is 6.13. The van der Waals surface area contributed by atoms with Gasteiger partial charge in [0.15, 0.2) is 0 Å². The number of nitrogens with one attached hydrogen (secondary N) is 1. The number of hydrogen-bond acceptors (Lipinski definition) is 3. The average molecular weight is 375 g/mol. The fraction of sp³-hybridized carbons (Fsp3) is 0.381. The summed E-state index contributed by atoms with van der Waals surface area (Å²) in [4.78, 5) is 14.5. The molecule has 140 valence electrons. The molecule has 3 rings (SSSR count). The summed E-state index contributed by atoms with van der Waals surface area (Å²) in [5.41, 5.74) is 3.38. The molecule has 5 heteroatoms. The Morgan fingerprint density at radius 3 is 2.73 bits per heavy atom. The predicted molar refractivity (Wildman–Crippen MR) is 107 cm³/mol. The Balaban J connectivity index is 0.00000243. The second kappa shape index (κ2) is 10.2. The van der Waals surface area contributed by atoms with Crippen LogP contribution < -0.4 is 10.1 Å². The maximum Gasteiger partial charge on any atom is 0.227 e. The maximum absolute atomic E-state index is 12.5. The van der Waals surface area contributed by atoms with Crippen LogP contribution in [0.1, 0.15) is 23.1 Å². The van der Waals surface area contributed by atoms with Crippen LogP contribution in [0.3, 0.4) is 0 Å². The third-order valence-corrected chi connectivity index (χ3v) is 4.43. The van der Waals surface area contributed by atoms with Crippen molar-refractivity contribution in [3.63, 3.8) is 0 Å². The second-order valence-electron chi connectivity index (χ2n) is 6.59. The lowest BCUT2D eigenvalue weighted by atomic mass is 10.1. The van der Waals surface area contributed by atoms with Crippen molar-refractivity contribution in [3.05, 3.63) is 65.2 Å². The van der Waals surface area contributed by atoms with E-state index in [2.05, 4.69) is 30.4 Å². The molecule has 26 heavy (non-hydrogen) atoms. The van der Waals surface area contributed by atoms with Gasteiger partial charge in [-0.25, -0.2) is 0 Å². The lowest BCUT2D eigenvalue weighted by Crippen LogP contribution is -2.35. The molecule has 0 aliphatic carbocycles. The van der Waals surface area contributed by atoms with Crippen molar-refractivity contribution in [1.82, 2.24) is 10.2 Å². The highest BCUT2D eigenvalue weighted by atomic mass is 35.5. The molecule has 0 radical (unpaired) electrons. The summed E-state index contributed by atoms with van der Waals surface area (Å²) in [7, 11) is 0. The number of halogens is 1. The van der Waals surface area contributed by atoms with E-state index in [1.54, 1.807) is 0 Å². The molecule has 0 saturated carbocycles. The van der Waals surface area contributed by atoms with E-state index in [0.717, 1.165) is 49.5 Å².